The smallest absolute Gasteiger partial charge is 0.317 e. The molecule has 2 aliphatic heterocycles. The average Bonchev–Trinajstić information content (AvgIpc) is 2.67. The molecule has 6 heteroatoms. The van der Waals surface area contributed by atoms with Gasteiger partial charge in [0, 0.05) is 57.9 Å². The lowest BCUT2D eigenvalue weighted by Gasteiger charge is -2.41. The molecule has 0 aromatic heterocycles. The van der Waals surface area contributed by atoms with Crippen molar-refractivity contribution in [2.24, 2.45) is 0 Å². The number of carboxylic acids is 1. The van der Waals surface area contributed by atoms with Crippen LogP contribution >= 0.6 is 0 Å². The highest BCUT2D eigenvalue weighted by Crippen LogP contribution is 2.23. The Hall–Kier alpha value is -0.690. The normalized spacial score (nSPS) is 27.6. The zero-order chi connectivity index (χ0) is 18.2. The van der Waals surface area contributed by atoms with Crippen LogP contribution in [0.1, 0.15) is 51.4 Å². The largest absolute Gasteiger partial charge is 0.480 e. The van der Waals surface area contributed by atoms with E-state index >= 15 is 0 Å². The number of aliphatic carboxylic acids is 1. The van der Waals surface area contributed by atoms with E-state index in [-0.39, 0.29) is 6.54 Å². The Morgan fingerprint density at radius 1 is 1.08 bits per heavy atom. The van der Waals surface area contributed by atoms with Gasteiger partial charge in [0.05, 0.1) is 6.54 Å². The number of nitrogens with zero attached hydrogens (tertiary/aromatic N) is 3. The molecule has 0 bridgehead atoms. The Bertz CT molecular complexity index is 420. The molecule has 3 fully saturated rings. The van der Waals surface area contributed by atoms with Gasteiger partial charge in [-0.25, -0.2) is 0 Å². The van der Waals surface area contributed by atoms with Crippen LogP contribution in [0.5, 0.6) is 0 Å². The molecule has 0 amide bonds. The maximum atomic E-state index is 11.0. The third-order valence-corrected chi connectivity index (χ3v) is 6.40. The van der Waals surface area contributed by atoms with Crippen molar-refractivity contribution in [3.63, 3.8) is 0 Å². The summed E-state index contributed by atoms with van der Waals surface area (Å²) in [5.74, 6) is -0.732. The van der Waals surface area contributed by atoms with Crippen LogP contribution in [0.3, 0.4) is 0 Å². The molecule has 1 unspecified atom stereocenters. The first-order valence-corrected chi connectivity index (χ1v) is 10.7. The maximum absolute atomic E-state index is 11.0. The first-order chi connectivity index (χ1) is 12.7. The highest BCUT2D eigenvalue weighted by Gasteiger charge is 2.26. The molecular formula is C20H37N4O2. The van der Waals surface area contributed by atoms with Crippen LogP contribution in [0, 0.1) is 6.54 Å². The van der Waals surface area contributed by atoms with E-state index in [0.717, 1.165) is 25.6 Å². The van der Waals surface area contributed by atoms with Crippen molar-refractivity contribution in [3.8, 4) is 0 Å². The molecule has 1 aliphatic carbocycles. The van der Waals surface area contributed by atoms with Gasteiger partial charge >= 0.3 is 5.97 Å². The predicted octanol–water partition coefficient (Wildman–Crippen LogP) is 1.63. The van der Waals surface area contributed by atoms with E-state index in [1.165, 1.54) is 77.7 Å². The Morgan fingerprint density at radius 3 is 2.58 bits per heavy atom. The standard InChI is InChI=1S/C20H37N4O2/c25-20(26)17-24-11-9-21-16-19(24)8-4-5-10-22-12-14-23(15-13-22)18-6-2-1-3-7-18/h11,18-19,21H,1-10,12-17H2,(H,25,26). The summed E-state index contributed by atoms with van der Waals surface area (Å²) in [4.78, 5) is 18.4. The minimum atomic E-state index is -0.732. The molecule has 1 saturated carbocycles. The quantitative estimate of drug-likeness (QED) is 0.638. The lowest BCUT2D eigenvalue weighted by atomic mass is 9.94. The summed E-state index contributed by atoms with van der Waals surface area (Å²) in [6.07, 6.45) is 10.6. The highest BCUT2D eigenvalue weighted by atomic mass is 16.4. The Labute approximate surface area is 158 Å². The molecule has 1 atom stereocenters. The van der Waals surface area contributed by atoms with Crippen LogP contribution in [0.4, 0.5) is 0 Å². The van der Waals surface area contributed by atoms with Gasteiger partial charge in [0.15, 0.2) is 0 Å². The molecule has 3 rings (SSSR count). The highest BCUT2D eigenvalue weighted by molar-refractivity contribution is 5.69. The fraction of sp³-hybridized carbons (Fsp3) is 0.900. The van der Waals surface area contributed by atoms with E-state index in [1.807, 2.05) is 11.4 Å². The molecule has 26 heavy (non-hydrogen) atoms. The monoisotopic (exact) mass is 365 g/mol. The summed E-state index contributed by atoms with van der Waals surface area (Å²) in [6.45, 7) is 9.97. The van der Waals surface area contributed by atoms with Crippen LogP contribution in [0.15, 0.2) is 0 Å². The fourth-order valence-corrected chi connectivity index (χ4v) is 4.83. The number of hydrogen-bond acceptors (Lipinski definition) is 5. The van der Waals surface area contributed by atoms with Crippen molar-refractivity contribution in [3.05, 3.63) is 6.54 Å². The molecule has 2 heterocycles. The predicted molar refractivity (Wildman–Crippen MR) is 104 cm³/mol. The molecule has 2 saturated heterocycles. The van der Waals surface area contributed by atoms with E-state index in [1.54, 1.807) is 0 Å². The van der Waals surface area contributed by atoms with Crippen molar-refractivity contribution >= 4 is 5.97 Å². The Balaban J connectivity index is 1.28. The van der Waals surface area contributed by atoms with Crippen LogP contribution in [0.2, 0.25) is 0 Å². The third-order valence-electron chi connectivity index (χ3n) is 6.40. The number of rotatable bonds is 8. The lowest BCUT2D eigenvalue weighted by Crippen LogP contribution is -2.51. The number of piperazine rings is 2. The van der Waals surface area contributed by atoms with E-state index in [2.05, 4.69) is 15.1 Å². The Morgan fingerprint density at radius 2 is 1.85 bits per heavy atom. The first-order valence-electron chi connectivity index (χ1n) is 10.7. The SMILES string of the molecule is O=C(O)CN1[CH]CNCC1CCCCN1CCN(C2CCCCC2)CC1. The molecular weight excluding hydrogens is 328 g/mol. The van der Waals surface area contributed by atoms with Crippen molar-refractivity contribution in [1.82, 2.24) is 20.0 Å². The van der Waals surface area contributed by atoms with Gasteiger partial charge in [0.2, 0.25) is 0 Å². The first kappa shape index (κ1) is 20.1. The second-order valence-corrected chi connectivity index (χ2v) is 8.23. The van der Waals surface area contributed by atoms with Gasteiger partial charge in [0.25, 0.3) is 0 Å². The molecule has 0 aromatic rings. The van der Waals surface area contributed by atoms with Crippen LogP contribution in [-0.4, -0.2) is 90.2 Å². The van der Waals surface area contributed by atoms with Crippen LogP contribution < -0.4 is 5.32 Å². The average molecular weight is 366 g/mol. The van der Waals surface area contributed by atoms with Gasteiger partial charge < -0.3 is 15.3 Å². The molecule has 149 valence electrons. The third kappa shape index (κ3) is 6.19. The molecule has 1 radical (unpaired) electrons. The van der Waals surface area contributed by atoms with Gasteiger partial charge in [-0.3, -0.25) is 14.6 Å². The van der Waals surface area contributed by atoms with Crippen molar-refractivity contribution in [1.29, 1.82) is 0 Å². The molecule has 3 aliphatic rings. The van der Waals surface area contributed by atoms with E-state index in [0.29, 0.717) is 6.04 Å². The second-order valence-electron chi connectivity index (χ2n) is 8.23. The zero-order valence-corrected chi connectivity index (χ0v) is 16.2. The molecule has 0 aromatic carbocycles. The summed E-state index contributed by atoms with van der Waals surface area (Å²) >= 11 is 0. The fourth-order valence-electron chi connectivity index (χ4n) is 4.83. The zero-order valence-electron chi connectivity index (χ0n) is 16.2. The van der Waals surface area contributed by atoms with E-state index < -0.39 is 5.97 Å². The molecule has 2 N–H and O–H groups in total. The van der Waals surface area contributed by atoms with Crippen molar-refractivity contribution in [2.45, 2.75) is 63.5 Å². The number of carboxylic acid groups (broad SMARTS) is 1. The van der Waals surface area contributed by atoms with Crippen LogP contribution in [-0.2, 0) is 4.79 Å². The minimum Gasteiger partial charge on any atom is -0.480 e. The number of carbonyl (C=O) groups is 1. The number of hydrogen-bond donors (Lipinski definition) is 2. The molecule has 0 spiro atoms. The van der Waals surface area contributed by atoms with Crippen molar-refractivity contribution < 1.29 is 9.90 Å². The summed E-state index contributed by atoms with van der Waals surface area (Å²) in [6, 6.07) is 1.20. The second kappa shape index (κ2) is 10.6. The van der Waals surface area contributed by atoms with Gasteiger partial charge in [-0.05, 0) is 32.2 Å². The van der Waals surface area contributed by atoms with E-state index in [9.17, 15) is 4.79 Å². The Kier molecular flexibility index (Phi) is 8.17. The maximum Gasteiger partial charge on any atom is 0.317 e. The van der Waals surface area contributed by atoms with Gasteiger partial charge in [-0.15, -0.1) is 0 Å². The number of nitrogens with one attached hydrogen (secondary N) is 1. The number of unbranched alkanes of at least 4 members (excludes halogenated alkanes) is 1. The van der Waals surface area contributed by atoms with Crippen molar-refractivity contribution in [2.75, 3.05) is 52.4 Å². The lowest BCUT2D eigenvalue weighted by molar-refractivity contribution is -0.138. The summed E-state index contributed by atoms with van der Waals surface area (Å²) in [5, 5.41) is 12.4. The van der Waals surface area contributed by atoms with Gasteiger partial charge in [-0.2, -0.15) is 0 Å². The van der Waals surface area contributed by atoms with Gasteiger partial charge in [-0.1, -0.05) is 25.7 Å². The summed E-state index contributed by atoms with van der Waals surface area (Å²) in [5.41, 5.74) is 0. The van der Waals surface area contributed by atoms with Gasteiger partial charge in [0.1, 0.15) is 0 Å². The van der Waals surface area contributed by atoms with E-state index in [4.69, 9.17) is 5.11 Å². The minimum absolute atomic E-state index is 0.134. The topological polar surface area (TPSA) is 59.1 Å². The summed E-state index contributed by atoms with van der Waals surface area (Å²) in [7, 11) is 0. The summed E-state index contributed by atoms with van der Waals surface area (Å²) < 4.78 is 0. The van der Waals surface area contributed by atoms with Crippen LogP contribution in [0.25, 0.3) is 0 Å². The molecule has 6 nitrogen and oxygen atoms in total.